The topological polar surface area (TPSA) is 285 Å². The van der Waals surface area contributed by atoms with Gasteiger partial charge in [0.25, 0.3) is 29.2 Å². The number of carbonyl (C=O) groups is 8. The highest BCUT2D eigenvalue weighted by atomic mass is 32.1. The van der Waals surface area contributed by atoms with Gasteiger partial charge in [0.05, 0.1) is 58.3 Å². The minimum atomic E-state index is -1.30. The molecule has 22 heteroatoms. The standard InChI is InChI=1S/C42H46N8O13S/c1-23-45-27-7-6-24(20-26(27)37(54)46-23)21-49(2)35-13-10-31(64-35)39(56)47-28(42(59)60)8-11-32(51)43-14-16-61-18-19-62-17-15-44-34(53)22-63-30-5-3-4-25-36(30)41(58)50(40(25)57)29-9-12-33(52)48-38(29)55/h3-7,10,13,20,28-29H,8-9,11-12,14-19,21-22H2,1-2H3,(H,43,51)(H,44,53)(H,47,56)(H,59,60)(H,45,46,54)(H,48,52,55)/t28-,29?/m1/s1. The summed E-state index contributed by atoms with van der Waals surface area (Å²) < 4.78 is 16.4. The van der Waals surface area contributed by atoms with E-state index in [4.69, 9.17) is 14.2 Å². The third-order valence-electron chi connectivity index (χ3n) is 10.1. The van der Waals surface area contributed by atoms with E-state index in [1.807, 2.05) is 24.1 Å². The van der Waals surface area contributed by atoms with Crippen molar-refractivity contribution in [3.05, 3.63) is 86.3 Å². The van der Waals surface area contributed by atoms with E-state index >= 15 is 0 Å². The maximum absolute atomic E-state index is 13.2. The lowest BCUT2D eigenvalue weighted by atomic mass is 10.0. The lowest BCUT2D eigenvalue weighted by Crippen LogP contribution is -2.54. The minimum Gasteiger partial charge on any atom is -0.483 e. The number of hydrogen-bond acceptors (Lipinski definition) is 15. The molecule has 2 aliphatic rings. The quantitative estimate of drug-likeness (QED) is 0.0466. The minimum absolute atomic E-state index is 0.00265. The molecule has 338 valence electrons. The second-order valence-electron chi connectivity index (χ2n) is 14.7. The summed E-state index contributed by atoms with van der Waals surface area (Å²) in [5, 5.41) is 20.8. The van der Waals surface area contributed by atoms with E-state index in [1.165, 1.54) is 29.5 Å². The van der Waals surface area contributed by atoms with Gasteiger partial charge in [-0.1, -0.05) is 12.1 Å². The van der Waals surface area contributed by atoms with E-state index < -0.39 is 66.0 Å². The molecule has 0 radical (unpaired) electrons. The van der Waals surface area contributed by atoms with Crippen LogP contribution in [0, 0.1) is 6.92 Å². The zero-order chi connectivity index (χ0) is 45.9. The highest BCUT2D eigenvalue weighted by molar-refractivity contribution is 7.18. The Morgan fingerprint density at radius 1 is 0.953 bits per heavy atom. The first-order valence-electron chi connectivity index (χ1n) is 20.2. The number of imide groups is 2. The smallest absolute Gasteiger partial charge is 0.326 e. The fourth-order valence-electron chi connectivity index (χ4n) is 6.91. The van der Waals surface area contributed by atoms with Gasteiger partial charge in [0, 0.05) is 39.5 Å². The predicted molar refractivity (Wildman–Crippen MR) is 228 cm³/mol. The number of rotatable bonds is 22. The summed E-state index contributed by atoms with van der Waals surface area (Å²) in [6.45, 7) is 2.62. The number of anilines is 1. The molecule has 0 saturated carbocycles. The number of carboxylic acid groups (broad SMARTS) is 1. The Labute approximate surface area is 368 Å². The number of thiophene rings is 1. The molecule has 1 unspecified atom stereocenters. The van der Waals surface area contributed by atoms with Crippen LogP contribution in [-0.4, -0.2) is 133 Å². The van der Waals surface area contributed by atoms with Crippen LogP contribution in [-0.2, 0) is 40.0 Å². The average molecular weight is 903 g/mol. The van der Waals surface area contributed by atoms with Crippen LogP contribution in [0.3, 0.4) is 0 Å². The summed E-state index contributed by atoms with van der Waals surface area (Å²) in [6.07, 6.45) is -0.314. The molecule has 1 fully saturated rings. The highest BCUT2D eigenvalue weighted by Crippen LogP contribution is 2.33. The van der Waals surface area contributed by atoms with Crippen molar-refractivity contribution in [1.29, 1.82) is 0 Å². The Kier molecular flexibility index (Phi) is 15.5. The lowest BCUT2D eigenvalue weighted by Gasteiger charge is -2.27. The first-order valence-corrected chi connectivity index (χ1v) is 21.0. The van der Waals surface area contributed by atoms with Crippen LogP contribution in [0.15, 0.2) is 53.3 Å². The average Bonchev–Trinajstić information content (AvgIpc) is 3.85. The Balaban J connectivity index is 0.810. The van der Waals surface area contributed by atoms with Crippen LogP contribution >= 0.6 is 11.3 Å². The second-order valence-corrected chi connectivity index (χ2v) is 15.8. The summed E-state index contributed by atoms with van der Waals surface area (Å²) in [4.78, 5) is 122. The number of aliphatic carboxylic acids is 1. The number of carbonyl (C=O) groups excluding carboxylic acids is 7. The van der Waals surface area contributed by atoms with Crippen molar-refractivity contribution in [3.63, 3.8) is 0 Å². The molecule has 7 amide bonds. The van der Waals surface area contributed by atoms with E-state index in [0.29, 0.717) is 23.3 Å². The molecule has 2 aromatic carbocycles. The van der Waals surface area contributed by atoms with E-state index in [9.17, 15) is 48.3 Å². The molecule has 64 heavy (non-hydrogen) atoms. The maximum atomic E-state index is 13.2. The lowest BCUT2D eigenvalue weighted by molar-refractivity contribution is -0.140. The molecule has 2 aromatic heterocycles. The third-order valence-corrected chi connectivity index (χ3v) is 11.3. The van der Waals surface area contributed by atoms with Gasteiger partial charge in [0.15, 0.2) is 6.61 Å². The largest absolute Gasteiger partial charge is 0.483 e. The molecule has 1 saturated heterocycles. The SMILES string of the molecule is Cc1nc(=O)c2cc(CN(C)c3ccc(C(=O)N[C@H](CCC(=O)NCCOCCOCCNC(=O)COc4cccc5c4C(=O)N(C4CCC(=O)NC4=O)C5=O)C(=O)O)s3)ccc2[nH]1. The Hall–Kier alpha value is -7.04. The molecule has 0 aliphatic carbocycles. The molecule has 6 N–H and O–H groups in total. The zero-order valence-electron chi connectivity index (χ0n) is 34.9. The summed E-state index contributed by atoms with van der Waals surface area (Å²) >= 11 is 1.17. The third kappa shape index (κ3) is 11.7. The Bertz CT molecular complexity index is 2520. The van der Waals surface area contributed by atoms with Crippen molar-refractivity contribution in [2.24, 2.45) is 0 Å². The number of H-pyrrole nitrogens is 1. The number of aryl methyl sites for hydroxylation is 1. The number of aromatic amines is 1. The predicted octanol–water partition coefficient (Wildman–Crippen LogP) is 0.638. The molecule has 21 nitrogen and oxygen atoms in total. The number of benzene rings is 2. The van der Waals surface area contributed by atoms with E-state index in [-0.39, 0.29) is 92.5 Å². The van der Waals surface area contributed by atoms with Crippen LogP contribution in [0.4, 0.5) is 5.00 Å². The van der Waals surface area contributed by atoms with E-state index in [0.717, 1.165) is 15.5 Å². The van der Waals surface area contributed by atoms with E-state index in [2.05, 4.69) is 31.2 Å². The molecule has 0 spiro atoms. The van der Waals surface area contributed by atoms with Crippen LogP contribution < -0.4 is 36.5 Å². The number of hydrogen-bond donors (Lipinski definition) is 6. The zero-order valence-corrected chi connectivity index (χ0v) is 35.7. The van der Waals surface area contributed by atoms with Crippen molar-refractivity contribution in [2.75, 3.05) is 58.1 Å². The molecule has 4 aromatic rings. The molecule has 4 heterocycles. The molecular formula is C42H46N8O13S. The normalized spacial score (nSPS) is 15.1. The molecular weight excluding hydrogens is 857 g/mol. The van der Waals surface area contributed by atoms with Crippen molar-refractivity contribution in [1.82, 2.24) is 36.1 Å². The van der Waals surface area contributed by atoms with Crippen molar-refractivity contribution in [3.8, 4) is 5.75 Å². The van der Waals surface area contributed by atoms with Gasteiger partial charge in [-0.15, -0.1) is 11.3 Å². The van der Waals surface area contributed by atoms with Crippen LogP contribution in [0.25, 0.3) is 10.9 Å². The van der Waals surface area contributed by atoms with Gasteiger partial charge >= 0.3 is 5.97 Å². The van der Waals surface area contributed by atoms with Crippen molar-refractivity contribution in [2.45, 2.75) is 51.2 Å². The summed E-state index contributed by atoms with van der Waals surface area (Å²) in [5.74, 6) is -4.96. The highest BCUT2D eigenvalue weighted by Gasteiger charge is 2.46. The van der Waals surface area contributed by atoms with Gasteiger partial charge in [0.2, 0.25) is 17.7 Å². The molecule has 2 aliphatic heterocycles. The van der Waals surface area contributed by atoms with Crippen molar-refractivity contribution < 1.29 is 57.7 Å². The maximum Gasteiger partial charge on any atom is 0.326 e. The fourth-order valence-corrected chi connectivity index (χ4v) is 7.78. The fraction of sp³-hybridized carbons (Fsp3) is 0.381. The number of fused-ring (bicyclic) bond motifs is 2. The van der Waals surface area contributed by atoms with Crippen molar-refractivity contribution >= 4 is 74.6 Å². The number of piperidine rings is 1. The molecule has 2 atom stereocenters. The number of amides is 7. The first-order chi connectivity index (χ1) is 30.7. The number of aromatic nitrogens is 2. The number of carboxylic acids is 1. The Morgan fingerprint density at radius 2 is 1.69 bits per heavy atom. The van der Waals surface area contributed by atoms with Gasteiger partial charge < -0.3 is 45.2 Å². The van der Waals surface area contributed by atoms with E-state index in [1.54, 1.807) is 25.1 Å². The molecule has 6 rings (SSSR count). The first kappa shape index (κ1) is 46.5. The second kappa shape index (κ2) is 21.4. The summed E-state index contributed by atoms with van der Waals surface area (Å²) in [7, 11) is 1.83. The summed E-state index contributed by atoms with van der Waals surface area (Å²) in [5.41, 5.74) is 1.18. The molecule has 0 bridgehead atoms. The summed E-state index contributed by atoms with van der Waals surface area (Å²) in [6, 6.07) is 10.7. The number of ether oxygens (including phenoxy) is 3. The number of nitrogens with zero attached hydrogens (tertiary/aromatic N) is 3. The number of nitrogens with one attached hydrogen (secondary N) is 5. The van der Waals surface area contributed by atoms with Gasteiger partial charge in [-0.25, -0.2) is 4.79 Å². The monoisotopic (exact) mass is 902 g/mol. The van der Waals surface area contributed by atoms with Gasteiger partial charge in [-0.2, -0.15) is 4.98 Å². The van der Waals surface area contributed by atoms with Gasteiger partial charge in [0.1, 0.15) is 23.7 Å². The van der Waals surface area contributed by atoms with Crippen LogP contribution in [0.5, 0.6) is 5.75 Å². The van der Waals surface area contributed by atoms with Crippen LogP contribution in [0.2, 0.25) is 0 Å². The van der Waals surface area contributed by atoms with Gasteiger partial charge in [-0.3, -0.25) is 48.6 Å². The van der Waals surface area contributed by atoms with Crippen LogP contribution in [0.1, 0.15) is 67.5 Å². The Morgan fingerprint density at radius 3 is 2.41 bits per heavy atom. The van der Waals surface area contributed by atoms with Gasteiger partial charge in [-0.05, 0) is 61.7 Å².